The highest BCUT2D eigenvalue weighted by Crippen LogP contribution is 2.30. The summed E-state index contributed by atoms with van der Waals surface area (Å²) in [5.41, 5.74) is 3.51. The first-order valence-corrected chi connectivity index (χ1v) is 11.2. The van der Waals surface area contributed by atoms with E-state index in [0.29, 0.717) is 28.5 Å². The number of imide groups is 1. The van der Waals surface area contributed by atoms with E-state index >= 15 is 0 Å². The Morgan fingerprint density at radius 3 is 2.71 bits per heavy atom. The summed E-state index contributed by atoms with van der Waals surface area (Å²) in [4.78, 5) is 28.4. The fourth-order valence-electron chi connectivity index (χ4n) is 3.92. The van der Waals surface area contributed by atoms with Crippen molar-refractivity contribution in [2.45, 2.75) is 19.3 Å². The SMILES string of the molecule is O=C1CC(=Cc2cnn3c(NCC4CC4)cc(Nc4ccc(-n5cccn5)cc4)nc23)C(=O)N1. The zero-order valence-electron chi connectivity index (χ0n) is 18.2. The van der Waals surface area contributed by atoms with Crippen molar-refractivity contribution in [1.82, 2.24) is 29.7 Å². The van der Waals surface area contributed by atoms with Crippen LogP contribution in [-0.4, -0.2) is 42.7 Å². The Morgan fingerprint density at radius 1 is 1.15 bits per heavy atom. The normalized spacial score (nSPS) is 16.9. The average molecular weight is 454 g/mol. The first-order valence-electron chi connectivity index (χ1n) is 11.2. The molecule has 1 aromatic carbocycles. The molecule has 6 rings (SSSR count). The molecule has 1 aliphatic heterocycles. The minimum Gasteiger partial charge on any atom is -0.370 e. The smallest absolute Gasteiger partial charge is 0.254 e. The molecule has 0 spiro atoms. The summed E-state index contributed by atoms with van der Waals surface area (Å²) >= 11 is 0. The zero-order chi connectivity index (χ0) is 23.1. The lowest BCUT2D eigenvalue weighted by atomic mass is 10.1. The van der Waals surface area contributed by atoms with Crippen LogP contribution in [0.1, 0.15) is 24.8 Å². The molecule has 170 valence electrons. The van der Waals surface area contributed by atoms with Crippen LogP contribution in [0.5, 0.6) is 0 Å². The number of rotatable bonds is 7. The van der Waals surface area contributed by atoms with Crippen molar-refractivity contribution in [3.63, 3.8) is 0 Å². The number of aromatic nitrogens is 5. The van der Waals surface area contributed by atoms with E-state index in [2.05, 4.69) is 26.1 Å². The Hall–Kier alpha value is -4.47. The number of nitrogens with one attached hydrogen (secondary N) is 3. The predicted octanol–water partition coefficient (Wildman–Crippen LogP) is 2.91. The Morgan fingerprint density at radius 2 is 2.00 bits per heavy atom. The number of hydrogen-bond donors (Lipinski definition) is 3. The summed E-state index contributed by atoms with van der Waals surface area (Å²) in [7, 11) is 0. The summed E-state index contributed by atoms with van der Waals surface area (Å²) in [5.74, 6) is 1.46. The molecule has 4 heterocycles. The standard InChI is InChI=1S/C24H22N8O2/c33-22-11-16(24(34)30-22)10-17-14-27-32-21(25-13-15-2-3-15)12-20(29-23(17)32)28-18-4-6-19(7-5-18)31-9-1-8-26-31/h1,4-10,12,14-15,25H,2-3,11,13H2,(H,28,29)(H,30,33,34). The highest BCUT2D eigenvalue weighted by molar-refractivity contribution is 6.15. The van der Waals surface area contributed by atoms with E-state index in [-0.39, 0.29) is 18.2 Å². The van der Waals surface area contributed by atoms with Crippen LogP contribution in [0.25, 0.3) is 17.4 Å². The Balaban J connectivity index is 1.34. The van der Waals surface area contributed by atoms with E-state index in [1.807, 2.05) is 42.6 Å². The summed E-state index contributed by atoms with van der Waals surface area (Å²) in [6, 6.07) is 11.7. The van der Waals surface area contributed by atoms with Gasteiger partial charge in [-0.2, -0.15) is 14.7 Å². The summed E-state index contributed by atoms with van der Waals surface area (Å²) < 4.78 is 3.53. The molecule has 0 bridgehead atoms. The van der Waals surface area contributed by atoms with Gasteiger partial charge in [0.25, 0.3) is 5.91 Å². The van der Waals surface area contributed by atoms with Gasteiger partial charge in [0.1, 0.15) is 11.6 Å². The minimum atomic E-state index is -0.372. The second kappa shape index (κ2) is 8.14. The molecule has 1 saturated carbocycles. The van der Waals surface area contributed by atoms with Crippen molar-refractivity contribution in [2.75, 3.05) is 17.2 Å². The number of benzene rings is 1. The van der Waals surface area contributed by atoms with Crippen molar-refractivity contribution in [1.29, 1.82) is 0 Å². The second-order valence-corrected chi connectivity index (χ2v) is 8.53. The minimum absolute atomic E-state index is 0.0590. The first-order chi connectivity index (χ1) is 16.6. The number of carbonyl (C=O) groups is 2. The third-order valence-corrected chi connectivity index (χ3v) is 5.90. The van der Waals surface area contributed by atoms with Gasteiger partial charge in [0.05, 0.1) is 18.3 Å². The molecule has 10 heteroatoms. The Kier molecular flexibility index (Phi) is 4.83. The second-order valence-electron chi connectivity index (χ2n) is 8.53. The van der Waals surface area contributed by atoms with Crippen molar-refractivity contribution in [3.8, 4) is 5.69 Å². The van der Waals surface area contributed by atoms with Crippen LogP contribution in [0, 0.1) is 5.92 Å². The third kappa shape index (κ3) is 4.01. The molecule has 0 unspecified atom stereocenters. The topological polar surface area (TPSA) is 118 Å². The lowest BCUT2D eigenvalue weighted by Crippen LogP contribution is -2.19. The molecule has 2 aliphatic rings. The summed E-state index contributed by atoms with van der Waals surface area (Å²) in [6.45, 7) is 0.865. The number of amides is 2. The van der Waals surface area contributed by atoms with Gasteiger partial charge in [-0.25, -0.2) is 9.67 Å². The predicted molar refractivity (Wildman–Crippen MR) is 127 cm³/mol. The maximum absolute atomic E-state index is 12.0. The molecule has 1 aliphatic carbocycles. The molecular weight excluding hydrogens is 432 g/mol. The van der Waals surface area contributed by atoms with Crippen LogP contribution in [0.15, 0.2) is 60.6 Å². The summed E-state index contributed by atoms with van der Waals surface area (Å²) in [6.07, 6.45) is 9.50. The van der Waals surface area contributed by atoms with Gasteiger partial charge in [0, 0.05) is 41.8 Å². The van der Waals surface area contributed by atoms with Gasteiger partial charge in [-0.05, 0) is 55.2 Å². The molecule has 34 heavy (non-hydrogen) atoms. The number of anilines is 3. The monoisotopic (exact) mass is 454 g/mol. The van der Waals surface area contributed by atoms with Gasteiger partial charge < -0.3 is 10.6 Å². The number of carbonyl (C=O) groups excluding carboxylic acids is 2. The highest BCUT2D eigenvalue weighted by Gasteiger charge is 2.25. The van der Waals surface area contributed by atoms with Crippen LogP contribution in [0.2, 0.25) is 0 Å². The molecule has 2 fully saturated rings. The van der Waals surface area contributed by atoms with Crippen LogP contribution in [0.4, 0.5) is 17.3 Å². The van der Waals surface area contributed by atoms with Crippen molar-refractivity contribution < 1.29 is 9.59 Å². The Bertz CT molecular complexity index is 1420. The Labute approximate surface area is 194 Å². The molecule has 10 nitrogen and oxygen atoms in total. The molecule has 1 saturated heterocycles. The molecule has 4 aromatic rings. The molecular formula is C24H22N8O2. The van der Waals surface area contributed by atoms with Gasteiger partial charge >= 0.3 is 0 Å². The van der Waals surface area contributed by atoms with Crippen LogP contribution >= 0.6 is 0 Å². The van der Waals surface area contributed by atoms with Crippen LogP contribution in [-0.2, 0) is 9.59 Å². The number of hydrogen-bond acceptors (Lipinski definition) is 7. The molecule has 0 atom stereocenters. The van der Waals surface area contributed by atoms with Crippen molar-refractivity contribution in [2.24, 2.45) is 5.92 Å². The number of nitrogens with zero attached hydrogens (tertiary/aromatic N) is 5. The lowest BCUT2D eigenvalue weighted by molar-refractivity contribution is -0.124. The summed E-state index contributed by atoms with van der Waals surface area (Å²) in [5, 5.41) is 17.9. The maximum Gasteiger partial charge on any atom is 0.254 e. The lowest BCUT2D eigenvalue weighted by Gasteiger charge is -2.12. The van der Waals surface area contributed by atoms with Crippen molar-refractivity contribution in [3.05, 3.63) is 66.1 Å². The van der Waals surface area contributed by atoms with Gasteiger partial charge in [-0.1, -0.05) is 0 Å². The van der Waals surface area contributed by atoms with E-state index in [9.17, 15) is 9.59 Å². The van der Waals surface area contributed by atoms with Gasteiger partial charge in [0.2, 0.25) is 5.91 Å². The highest BCUT2D eigenvalue weighted by atomic mass is 16.2. The zero-order valence-corrected chi connectivity index (χ0v) is 18.2. The van der Waals surface area contributed by atoms with Gasteiger partial charge in [-0.3, -0.25) is 14.9 Å². The van der Waals surface area contributed by atoms with E-state index in [4.69, 9.17) is 4.98 Å². The van der Waals surface area contributed by atoms with Gasteiger partial charge in [-0.15, -0.1) is 0 Å². The fourth-order valence-corrected chi connectivity index (χ4v) is 3.92. The first kappa shape index (κ1) is 20.2. The van der Waals surface area contributed by atoms with Crippen LogP contribution in [0.3, 0.4) is 0 Å². The largest absolute Gasteiger partial charge is 0.370 e. The molecule has 3 aromatic heterocycles. The fraction of sp³-hybridized carbons (Fsp3) is 0.208. The molecule has 2 amide bonds. The van der Waals surface area contributed by atoms with Crippen molar-refractivity contribution >= 4 is 40.9 Å². The molecule has 0 radical (unpaired) electrons. The average Bonchev–Trinajstić information content (AvgIpc) is 3.18. The van der Waals surface area contributed by atoms with E-state index in [0.717, 1.165) is 23.7 Å². The quantitative estimate of drug-likeness (QED) is 0.290. The van der Waals surface area contributed by atoms with E-state index in [1.165, 1.54) is 12.8 Å². The van der Waals surface area contributed by atoms with Gasteiger partial charge in [0.15, 0.2) is 5.65 Å². The maximum atomic E-state index is 12.0. The van der Waals surface area contributed by atoms with Crippen LogP contribution < -0.4 is 16.0 Å². The van der Waals surface area contributed by atoms with E-state index in [1.54, 1.807) is 27.7 Å². The third-order valence-electron chi connectivity index (χ3n) is 5.90. The molecule has 3 N–H and O–H groups in total. The van der Waals surface area contributed by atoms with E-state index < -0.39 is 0 Å². The number of fused-ring (bicyclic) bond motifs is 1.